The molecule has 2 aliphatic rings. The van der Waals surface area contributed by atoms with Crippen molar-refractivity contribution in [1.82, 2.24) is 5.32 Å². The summed E-state index contributed by atoms with van der Waals surface area (Å²) in [5.41, 5.74) is 0.436. The van der Waals surface area contributed by atoms with Crippen LogP contribution < -0.4 is 14.8 Å². The van der Waals surface area contributed by atoms with Gasteiger partial charge in [-0.1, -0.05) is 11.6 Å². The van der Waals surface area contributed by atoms with E-state index in [-0.39, 0.29) is 24.8 Å². The summed E-state index contributed by atoms with van der Waals surface area (Å²) in [6, 6.07) is 3.20. The van der Waals surface area contributed by atoms with Crippen molar-refractivity contribution in [3.63, 3.8) is 0 Å². The maximum atomic E-state index is 12.0. The number of carbonyl (C=O) groups excluding carboxylic acids is 1. The highest BCUT2D eigenvalue weighted by atomic mass is 35.5. The zero-order valence-corrected chi connectivity index (χ0v) is 10.2. The minimum Gasteiger partial charge on any atom is -0.454 e. The summed E-state index contributed by atoms with van der Waals surface area (Å²) in [5.74, 6) is 0.751. The summed E-state index contributed by atoms with van der Waals surface area (Å²) in [4.78, 5) is 12.0. The summed E-state index contributed by atoms with van der Waals surface area (Å²) in [6.45, 7) is 0.120. The Morgan fingerprint density at radius 1 is 1.39 bits per heavy atom. The van der Waals surface area contributed by atoms with Gasteiger partial charge < -0.3 is 19.9 Å². The second kappa shape index (κ2) is 4.33. The molecule has 1 heterocycles. The summed E-state index contributed by atoms with van der Waals surface area (Å²) >= 11 is 6.00. The Labute approximate surface area is 109 Å². The first-order valence-electron chi connectivity index (χ1n) is 5.71. The molecule has 2 N–H and O–H groups in total. The van der Waals surface area contributed by atoms with Crippen LogP contribution in [0.15, 0.2) is 12.1 Å². The second-order valence-electron chi connectivity index (χ2n) is 4.49. The highest BCUT2D eigenvalue weighted by Crippen LogP contribution is 2.39. The number of aliphatic hydroxyl groups excluding tert-OH is 1. The summed E-state index contributed by atoms with van der Waals surface area (Å²) < 4.78 is 10.4. The molecule has 0 bridgehead atoms. The number of hydrogen-bond acceptors (Lipinski definition) is 4. The minimum atomic E-state index is -0.296. The third-order valence-electron chi connectivity index (χ3n) is 3.14. The fraction of sp³-hybridized carbons (Fsp3) is 0.417. The van der Waals surface area contributed by atoms with Gasteiger partial charge in [-0.05, 0) is 25.0 Å². The van der Waals surface area contributed by atoms with Crippen LogP contribution in [0.1, 0.15) is 23.2 Å². The lowest BCUT2D eigenvalue weighted by molar-refractivity contribution is 0.0562. The van der Waals surface area contributed by atoms with Crippen LogP contribution in [0, 0.1) is 0 Å². The molecule has 1 aliphatic carbocycles. The van der Waals surface area contributed by atoms with Gasteiger partial charge in [0.05, 0.1) is 11.1 Å². The van der Waals surface area contributed by atoms with E-state index in [0.29, 0.717) is 34.9 Å². The van der Waals surface area contributed by atoms with Crippen molar-refractivity contribution in [3.05, 3.63) is 22.7 Å². The standard InChI is InChI=1S/C12H12ClNO4/c13-9-1-6(2-10-11(9)18-5-17-10)12(16)14-7-3-8(15)4-7/h1-2,7-8,15H,3-5H2,(H,14,16). The van der Waals surface area contributed by atoms with Crippen LogP contribution in [0.25, 0.3) is 0 Å². The van der Waals surface area contributed by atoms with Gasteiger partial charge in [-0.3, -0.25) is 4.79 Å². The van der Waals surface area contributed by atoms with Crippen molar-refractivity contribution in [1.29, 1.82) is 0 Å². The molecule has 1 saturated carbocycles. The first-order valence-corrected chi connectivity index (χ1v) is 6.09. The molecule has 1 fully saturated rings. The lowest BCUT2D eigenvalue weighted by atomic mass is 9.89. The maximum Gasteiger partial charge on any atom is 0.251 e. The van der Waals surface area contributed by atoms with Crippen molar-refractivity contribution in [2.45, 2.75) is 25.0 Å². The molecular weight excluding hydrogens is 258 g/mol. The highest BCUT2D eigenvalue weighted by molar-refractivity contribution is 6.32. The molecule has 0 aromatic heterocycles. The number of hydrogen-bond donors (Lipinski definition) is 2. The van der Waals surface area contributed by atoms with E-state index in [4.69, 9.17) is 26.2 Å². The molecule has 5 nitrogen and oxygen atoms in total. The Bertz CT molecular complexity index is 499. The zero-order chi connectivity index (χ0) is 12.7. The van der Waals surface area contributed by atoms with Gasteiger partial charge in [-0.25, -0.2) is 0 Å². The molecule has 0 spiro atoms. The number of ether oxygens (including phenoxy) is 2. The highest BCUT2D eigenvalue weighted by Gasteiger charge is 2.29. The van der Waals surface area contributed by atoms with Crippen molar-refractivity contribution < 1.29 is 19.4 Å². The molecular formula is C12H12ClNO4. The molecule has 6 heteroatoms. The largest absolute Gasteiger partial charge is 0.454 e. The van der Waals surface area contributed by atoms with Gasteiger partial charge in [-0.2, -0.15) is 0 Å². The van der Waals surface area contributed by atoms with E-state index in [2.05, 4.69) is 5.32 Å². The lowest BCUT2D eigenvalue weighted by Gasteiger charge is -2.31. The van der Waals surface area contributed by atoms with Crippen LogP contribution in [0.3, 0.4) is 0 Å². The fourth-order valence-corrected chi connectivity index (χ4v) is 2.34. The quantitative estimate of drug-likeness (QED) is 0.850. The molecule has 1 aromatic carbocycles. The van der Waals surface area contributed by atoms with Crippen LogP contribution in [-0.4, -0.2) is 30.0 Å². The molecule has 0 saturated heterocycles. The average molecular weight is 270 g/mol. The second-order valence-corrected chi connectivity index (χ2v) is 4.89. The molecule has 3 rings (SSSR count). The van der Waals surface area contributed by atoms with Crippen molar-refractivity contribution in [2.75, 3.05) is 6.79 Å². The molecule has 0 unspecified atom stereocenters. The molecule has 1 amide bonds. The number of amides is 1. The van der Waals surface area contributed by atoms with Crippen LogP contribution in [0.4, 0.5) is 0 Å². The van der Waals surface area contributed by atoms with Crippen molar-refractivity contribution in [3.8, 4) is 11.5 Å². The van der Waals surface area contributed by atoms with Gasteiger partial charge in [-0.15, -0.1) is 0 Å². The average Bonchev–Trinajstić information content (AvgIpc) is 2.75. The Morgan fingerprint density at radius 3 is 2.89 bits per heavy atom. The van der Waals surface area contributed by atoms with E-state index in [1.165, 1.54) is 0 Å². The number of nitrogens with one attached hydrogen (secondary N) is 1. The van der Waals surface area contributed by atoms with Crippen LogP contribution in [0.5, 0.6) is 11.5 Å². The first-order chi connectivity index (χ1) is 8.63. The molecule has 1 aromatic rings. The van der Waals surface area contributed by atoms with Gasteiger partial charge in [0.25, 0.3) is 5.91 Å². The van der Waals surface area contributed by atoms with Gasteiger partial charge >= 0.3 is 0 Å². The maximum absolute atomic E-state index is 12.0. The summed E-state index contributed by atoms with van der Waals surface area (Å²) in [7, 11) is 0. The van der Waals surface area contributed by atoms with Crippen LogP contribution >= 0.6 is 11.6 Å². The molecule has 96 valence electrons. The molecule has 18 heavy (non-hydrogen) atoms. The van der Waals surface area contributed by atoms with Crippen molar-refractivity contribution >= 4 is 17.5 Å². The minimum absolute atomic E-state index is 0.0386. The lowest BCUT2D eigenvalue weighted by Crippen LogP contribution is -2.46. The topological polar surface area (TPSA) is 67.8 Å². The van der Waals surface area contributed by atoms with Gasteiger partial charge in [0.15, 0.2) is 11.5 Å². The van der Waals surface area contributed by atoms with E-state index < -0.39 is 0 Å². The SMILES string of the molecule is O=C(NC1CC(O)C1)c1cc(Cl)c2c(c1)OCO2. The predicted molar refractivity (Wildman–Crippen MR) is 64.1 cm³/mol. The number of halogens is 1. The third kappa shape index (κ3) is 2.00. The first kappa shape index (κ1) is 11.6. The number of rotatable bonds is 2. The van der Waals surface area contributed by atoms with Crippen LogP contribution in [0.2, 0.25) is 5.02 Å². The van der Waals surface area contributed by atoms with E-state index in [1.54, 1.807) is 12.1 Å². The monoisotopic (exact) mass is 269 g/mol. The third-order valence-corrected chi connectivity index (χ3v) is 3.42. The molecule has 1 aliphatic heterocycles. The van der Waals surface area contributed by atoms with E-state index in [1.807, 2.05) is 0 Å². The number of benzene rings is 1. The van der Waals surface area contributed by atoms with E-state index in [0.717, 1.165) is 0 Å². The Kier molecular flexibility index (Phi) is 2.80. The Morgan fingerprint density at radius 2 is 2.17 bits per heavy atom. The normalized spacial score (nSPS) is 24.6. The number of aliphatic hydroxyl groups is 1. The zero-order valence-electron chi connectivity index (χ0n) is 9.48. The van der Waals surface area contributed by atoms with Gasteiger partial charge in [0, 0.05) is 11.6 Å². The van der Waals surface area contributed by atoms with Gasteiger partial charge in [0.2, 0.25) is 6.79 Å². The van der Waals surface area contributed by atoms with Crippen LogP contribution in [-0.2, 0) is 0 Å². The van der Waals surface area contributed by atoms with Gasteiger partial charge in [0.1, 0.15) is 0 Å². The fourth-order valence-electron chi connectivity index (χ4n) is 2.07. The van der Waals surface area contributed by atoms with E-state index in [9.17, 15) is 4.79 Å². The Balaban J connectivity index is 1.76. The molecule has 0 radical (unpaired) electrons. The number of carbonyl (C=O) groups is 1. The van der Waals surface area contributed by atoms with Crippen molar-refractivity contribution in [2.24, 2.45) is 0 Å². The van der Waals surface area contributed by atoms with E-state index >= 15 is 0 Å². The smallest absolute Gasteiger partial charge is 0.251 e. The Hall–Kier alpha value is -1.46. The number of fused-ring (bicyclic) bond motifs is 1. The summed E-state index contributed by atoms with van der Waals surface area (Å²) in [5, 5.41) is 12.4. The summed E-state index contributed by atoms with van der Waals surface area (Å²) in [6.07, 6.45) is 0.907. The predicted octanol–water partition coefficient (Wildman–Crippen LogP) is 1.32. The molecule has 0 atom stereocenters.